The second-order valence-electron chi connectivity index (χ2n) is 5.12. The van der Waals surface area contributed by atoms with Crippen LogP contribution in [0.25, 0.3) is 11.1 Å². The Bertz CT molecular complexity index is 610. The molecule has 1 aromatic carbocycles. The maximum absolute atomic E-state index is 10.9. The highest BCUT2D eigenvalue weighted by molar-refractivity contribution is 5.79. The van der Waals surface area contributed by atoms with Gasteiger partial charge in [-0.1, -0.05) is 17.7 Å². The molecule has 0 aliphatic carbocycles. The number of nitrogens with one attached hydrogen (secondary N) is 1. The predicted molar refractivity (Wildman–Crippen MR) is 80.8 cm³/mol. The molecule has 2 rings (SSSR count). The van der Waals surface area contributed by atoms with Crippen LogP contribution in [0.15, 0.2) is 24.5 Å². The summed E-state index contributed by atoms with van der Waals surface area (Å²) in [4.78, 5) is 19.4. The molecular formula is C16H19N3O. The van der Waals surface area contributed by atoms with Crippen LogP contribution in [-0.4, -0.2) is 22.3 Å². The summed E-state index contributed by atoms with van der Waals surface area (Å²) in [5.41, 5.74) is 5.86. The van der Waals surface area contributed by atoms with Crippen LogP contribution in [0.2, 0.25) is 0 Å². The largest absolute Gasteiger partial charge is 0.347 e. The number of rotatable bonds is 4. The average Bonchev–Trinajstić information content (AvgIpc) is 2.36. The molecule has 0 aliphatic rings. The smallest absolute Gasteiger partial charge is 0.222 e. The van der Waals surface area contributed by atoms with Gasteiger partial charge in [0.15, 0.2) is 0 Å². The van der Waals surface area contributed by atoms with Gasteiger partial charge >= 0.3 is 0 Å². The van der Waals surface area contributed by atoms with Crippen LogP contribution in [0.1, 0.15) is 23.6 Å². The van der Waals surface area contributed by atoms with Gasteiger partial charge in [-0.25, -0.2) is 9.97 Å². The molecule has 1 aromatic heterocycles. The Morgan fingerprint density at radius 3 is 2.15 bits per heavy atom. The molecule has 1 N–H and O–H groups in total. The molecule has 0 spiro atoms. The third-order valence-electron chi connectivity index (χ3n) is 3.11. The fourth-order valence-electron chi connectivity index (χ4n) is 2.39. The lowest BCUT2D eigenvalue weighted by Crippen LogP contribution is -2.11. The van der Waals surface area contributed by atoms with Gasteiger partial charge in [-0.15, -0.1) is 0 Å². The highest BCUT2D eigenvalue weighted by Crippen LogP contribution is 2.27. The second-order valence-corrected chi connectivity index (χ2v) is 5.12. The van der Waals surface area contributed by atoms with E-state index in [9.17, 15) is 4.79 Å². The summed E-state index contributed by atoms with van der Waals surface area (Å²) < 4.78 is 0. The Morgan fingerprint density at radius 1 is 1.10 bits per heavy atom. The van der Waals surface area contributed by atoms with Gasteiger partial charge < -0.3 is 5.32 Å². The first-order valence-electron chi connectivity index (χ1n) is 6.61. The monoisotopic (exact) mass is 269 g/mol. The zero-order valence-corrected chi connectivity index (χ0v) is 12.3. The first-order valence-corrected chi connectivity index (χ1v) is 6.61. The van der Waals surface area contributed by atoms with Crippen molar-refractivity contribution in [3.63, 3.8) is 0 Å². The summed E-state index contributed by atoms with van der Waals surface area (Å²) in [6, 6.07) is 4.31. The van der Waals surface area contributed by atoms with Crippen molar-refractivity contribution in [3.05, 3.63) is 41.2 Å². The number of ketones is 1. The molecule has 2 aromatic rings. The number of anilines is 1. The number of benzene rings is 1. The number of hydrogen-bond donors (Lipinski definition) is 1. The van der Waals surface area contributed by atoms with E-state index in [1.165, 1.54) is 29.2 Å². The fraction of sp³-hybridized carbons (Fsp3) is 0.312. The summed E-state index contributed by atoms with van der Waals surface area (Å²) in [5, 5.41) is 2.89. The lowest BCUT2D eigenvalue weighted by molar-refractivity contribution is -0.115. The Labute approximate surface area is 119 Å². The zero-order valence-electron chi connectivity index (χ0n) is 12.3. The van der Waals surface area contributed by atoms with Crippen molar-refractivity contribution in [1.82, 2.24) is 9.97 Å². The standard InChI is InChI=1S/C16H19N3O/c1-10-5-11(2)15(12(3)6-10)14-8-18-16(19-9-14)17-7-13(4)20/h5-6,8-9H,7H2,1-4H3,(H,17,18,19). The van der Waals surface area contributed by atoms with Crippen molar-refractivity contribution >= 4 is 11.7 Å². The normalized spacial score (nSPS) is 10.4. The van der Waals surface area contributed by atoms with Gasteiger partial charge in [0, 0.05) is 18.0 Å². The minimum atomic E-state index is 0.0582. The van der Waals surface area contributed by atoms with Gasteiger partial charge in [-0.2, -0.15) is 0 Å². The maximum atomic E-state index is 10.9. The predicted octanol–water partition coefficient (Wildman–Crippen LogP) is 3.07. The Morgan fingerprint density at radius 2 is 1.65 bits per heavy atom. The third-order valence-corrected chi connectivity index (χ3v) is 3.11. The Kier molecular flexibility index (Phi) is 4.13. The highest BCUT2D eigenvalue weighted by atomic mass is 16.1. The summed E-state index contributed by atoms with van der Waals surface area (Å²) in [7, 11) is 0. The van der Waals surface area contributed by atoms with E-state index in [0.717, 1.165) is 5.56 Å². The molecule has 104 valence electrons. The molecular weight excluding hydrogens is 250 g/mol. The van der Waals surface area contributed by atoms with Crippen LogP contribution in [-0.2, 0) is 4.79 Å². The topological polar surface area (TPSA) is 54.9 Å². The lowest BCUT2D eigenvalue weighted by atomic mass is 9.96. The van der Waals surface area contributed by atoms with Gasteiger partial charge in [0.1, 0.15) is 5.78 Å². The number of carbonyl (C=O) groups excluding carboxylic acids is 1. The van der Waals surface area contributed by atoms with Crippen molar-refractivity contribution in [1.29, 1.82) is 0 Å². The molecule has 0 saturated heterocycles. The molecule has 0 atom stereocenters. The lowest BCUT2D eigenvalue weighted by Gasteiger charge is -2.11. The fourth-order valence-corrected chi connectivity index (χ4v) is 2.39. The van der Waals surface area contributed by atoms with Crippen LogP contribution in [0.4, 0.5) is 5.95 Å². The second kappa shape index (κ2) is 5.82. The molecule has 20 heavy (non-hydrogen) atoms. The first kappa shape index (κ1) is 14.2. The summed E-state index contributed by atoms with van der Waals surface area (Å²) in [5.74, 6) is 0.536. The van der Waals surface area contributed by atoms with E-state index in [1.807, 2.05) is 0 Å². The van der Waals surface area contributed by atoms with Crippen molar-refractivity contribution < 1.29 is 4.79 Å². The van der Waals surface area contributed by atoms with E-state index in [2.05, 4.69) is 48.2 Å². The number of aryl methyl sites for hydroxylation is 3. The van der Waals surface area contributed by atoms with Crippen LogP contribution < -0.4 is 5.32 Å². The van der Waals surface area contributed by atoms with Crippen molar-refractivity contribution in [3.8, 4) is 11.1 Å². The molecule has 0 amide bonds. The van der Waals surface area contributed by atoms with Crippen LogP contribution in [0, 0.1) is 20.8 Å². The van der Waals surface area contributed by atoms with Gasteiger partial charge in [-0.05, 0) is 44.4 Å². The minimum absolute atomic E-state index is 0.0582. The van der Waals surface area contributed by atoms with Crippen molar-refractivity contribution in [2.45, 2.75) is 27.7 Å². The molecule has 0 unspecified atom stereocenters. The van der Waals surface area contributed by atoms with Crippen LogP contribution in [0.5, 0.6) is 0 Å². The van der Waals surface area contributed by atoms with Gasteiger partial charge in [0.25, 0.3) is 0 Å². The molecule has 4 nitrogen and oxygen atoms in total. The maximum Gasteiger partial charge on any atom is 0.222 e. The van der Waals surface area contributed by atoms with Crippen LogP contribution >= 0.6 is 0 Å². The Balaban J connectivity index is 2.28. The van der Waals surface area contributed by atoms with Gasteiger partial charge in [0.05, 0.1) is 6.54 Å². The van der Waals surface area contributed by atoms with Gasteiger partial charge in [0.2, 0.25) is 5.95 Å². The average molecular weight is 269 g/mol. The summed E-state index contributed by atoms with van der Waals surface area (Å²) in [6.07, 6.45) is 3.58. The quantitative estimate of drug-likeness (QED) is 0.926. The summed E-state index contributed by atoms with van der Waals surface area (Å²) >= 11 is 0. The molecule has 0 radical (unpaired) electrons. The minimum Gasteiger partial charge on any atom is -0.347 e. The van der Waals surface area contributed by atoms with E-state index in [4.69, 9.17) is 0 Å². The van der Waals surface area contributed by atoms with E-state index < -0.39 is 0 Å². The van der Waals surface area contributed by atoms with Crippen molar-refractivity contribution in [2.75, 3.05) is 11.9 Å². The number of aromatic nitrogens is 2. The number of nitrogens with zero attached hydrogens (tertiary/aromatic N) is 2. The van der Waals surface area contributed by atoms with Crippen LogP contribution in [0.3, 0.4) is 0 Å². The number of Topliss-reactive ketones (excluding diaryl/α,β-unsaturated/α-hetero) is 1. The zero-order chi connectivity index (χ0) is 14.7. The molecule has 0 fully saturated rings. The van der Waals surface area contributed by atoms with Gasteiger partial charge in [-0.3, -0.25) is 4.79 Å². The number of carbonyl (C=O) groups is 1. The first-order chi connectivity index (χ1) is 9.47. The Hall–Kier alpha value is -2.23. The van der Waals surface area contributed by atoms with E-state index in [1.54, 1.807) is 12.4 Å². The summed E-state index contributed by atoms with van der Waals surface area (Å²) in [6.45, 7) is 8.06. The molecule has 0 saturated carbocycles. The van der Waals surface area contributed by atoms with E-state index in [0.29, 0.717) is 5.95 Å². The molecule has 1 heterocycles. The molecule has 0 aliphatic heterocycles. The van der Waals surface area contributed by atoms with E-state index >= 15 is 0 Å². The molecule has 0 bridgehead atoms. The SMILES string of the molecule is CC(=O)CNc1ncc(-c2c(C)cc(C)cc2C)cn1. The van der Waals surface area contributed by atoms with Crippen molar-refractivity contribution in [2.24, 2.45) is 0 Å². The highest BCUT2D eigenvalue weighted by Gasteiger charge is 2.08. The number of hydrogen-bond acceptors (Lipinski definition) is 4. The molecule has 4 heteroatoms. The third kappa shape index (κ3) is 3.20. The van der Waals surface area contributed by atoms with E-state index in [-0.39, 0.29) is 12.3 Å².